The number of hydrogen-bond donors (Lipinski definition) is 0. The number of fused-ring (bicyclic) bond motifs is 1. The molecule has 35 heavy (non-hydrogen) atoms. The van der Waals surface area contributed by atoms with Crippen molar-refractivity contribution < 1.29 is 27.4 Å². The fraction of sp³-hybridized carbons (Fsp3) is 0.333. The Balaban J connectivity index is 1.77. The fourth-order valence-electron chi connectivity index (χ4n) is 4.10. The molecule has 0 radical (unpaired) electrons. The average Bonchev–Trinajstić information content (AvgIpc) is 3.50. The third-order valence-electron chi connectivity index (χ3n) is 5.80. The number of carbonyl (C=O) groups excluding carboxylic acids is 1. The van der Waals surface area contributed by atoms with Gasteiger partial charge in [-0.15, -0.1) is 6.42 Å². The molecule has 1 atom stereocenters. The summed E-state index contributed by atoms with van der Waals surface area (Å²) in [5.41, 5.74) is 0.662. The van der Waals surface area contributed by atoms with E-state index in [9.17, 15) is 13.2 Å². The molecule has 1 unspecified atom stereocenters. The topological polar surface area (TPSA) is 99.4 Å². The zero-order chi connectivity index (χ0) is 25.2. The van der Waals surface area contributed by atoms with E-state index in [1.165, 1.54) is 34.9 Å². The molecule has 0 N–H and O–H groups in total. The van der Waals surface area contributed by atoms with E-state index in [1.807, 2.05) is 0 Å². The lowest BCUT2D eigenvalue weighted by Gasteiger charge is -2.21. The maximum atomic E-state index is 13.3. The van der Waals surface area contributed by atoms with Crippen LogP contribution in [0.1, 0.15) is 12.8 Å². The summed E-state index contributed by atoms with van der Waals surface area (Å²) in [5, 5.41) is 0. The summed E-state index contributed by atoms with van der Waals surface area (Å²) in [4.78, 5) is 18.1. The molecular weight excluding hydrogens is 490 g/mol. The average molecular weight is 516 g/mol. The number of nitrogens with zero attached hydrogens (tertiary/aromatic N) is 3. The number of carbonyl (C=O) groups is 1. The van der Waals surface area contributed by atoms with Gasteiger partial charge in [0.05, 0.1) is 32.8 Å². The van der Waals surface area contributed by atoms with Gasteiger partial charge >= 0.3 is 0 Å². The van der Waals surface area contributed by atoms with Gasteiger partial charge in [0.25, 0.3) is 5.91 Å². The van der Waals surface area contributed by atoms with E-state index in [2.05, 4.69) is 10.9 Å². The SMILES string of the molecule is C#CCn1c(=NC(=O)C2CCCN2S(=O)(=O)c2ccc(OC)cc2)sc2c(OC)ccc(OC)c21. The van der Waals surface area contributed by atoms with Crippen LogP contribution >= 0.6 is 11.3 Å². The normalized spacial score (nSPS) is 16.9. The van der Waals surface area contributed by atoms with Crippen LogP contribution in [0, 0.1) is 12.3 Å². The molecule has 3 aromatic rings. The quantitative estimate of drug-likeness (QED) is 0.449. The van der Waals surface area contributed by atoms with Crippen LogP contribution in [-0.4, -0.2) is 57.1 Å². The summed E-state index contributed by atoms with van der Waals surface area (Å²) < 4.78 is 46.3. The molecule has 4 rings (SSSR count). The molecule has 1 aliphatic heterocycles. The van der Waals surface area contributed by atoms with Crippen molar-refractivity contribution in [1.82, 2.24) is 8.87 Å². The molecule has 11 heteroatoms. The predicted molar refractivity (Wildman–Crippen MR) is 132 cm³/mol. The Morgan fingerprint density at radius 3 is 2.43 bits per heavy atom. The largest absolute Gasteiger partial charge is 0.497 e. The third-order valence-corrected chi connectivity index (χ3v) is 8.82. The summed E-state index contributed by atoms with van der Waals surface area (Å²) in [6, 6.07) is 8.70. The lowest BCUT2D eigenvalue weighted by molar-refractivity contribution is -0.121. The molecule has 1 saturated heterocycles. The number of aromatic nitrogens is 1. The van der Waals surface area contributed by atoms with Crippen molar-refractivity contribution in [3.05, 3.63) is 41.2 Å². The first-order valence-electron chi connectivity index (χ1n) is 10.8. The second-order valence-electron chi connectivity index (χ2n) is 7.72. The molecule has 0 bridgehead atoms. The molecule has 9 nitrogen and oxygen atoms in total. The number of thiazole rings is 1. The van der Waals surface area contributed by atoms with E-state index >= 15 is 0 Å². The fourth-order valence-corrected chi connectivity index (χ4v) is 6.90. The number of amides is 1. The van der Waals surface area contributed by atoms with Crippen LogP contribution < -0.4 is 19.0 Å². The molecule has 184 valence electrons. The van der Waals surface area contributed by atoms with E-state index in [0.29, 0.717) is 40.4 Å². The number of ether oxygens (including phenoxy) is 3. The van der Waals surface area contributed by atoms with Gasteiger partial charge in [-0.1, -0.05) is 17.3 Å². The van der Waals surface area contributed by atoms with Crippen LogP contribution in [-0.2, 0) is 21.4 Å². The molecular formula is C24H25N3O6S2. The number of sulfonamides is 1. The van der Waals surface area contributed by atoms with Gasteiger partial charge in [-0.05, 0) is 49.2 Å². The van der Waals surface area contributed by atoms with Crippen LogP contribution in [0.25, 0.3) is 10.2 Å². The van der Waals surface area contributed by atoms with Crippen LogP contribution in [0.4, 0.5) is 0 Å². The second kappa shape index (κ2) is 10.1. The second-order valence-corrected chi connectivity index (χ2v) is 10.6. The first-order chi connectivity index (χ1) is 16.8. The number of benzene rings is 2. The van der Waals surface area contributed by atoms with E-state index in [1.54, 1.807) is 43.1 Å². The lowest BCUT2D eigenvalue weighted by Crippen LogP contribution is -2.40. The smallest absolute Gasteiger partial charge is 0.266 e. The van der Waals surface area contributed by atoms with E-state index < -0.39 is 22.0 Å². The van der Waals surface area contributed by atoms with E-state index in [0.717, 1.165) is 4.70 Å². The molecule has 0 saturated carbocycles. The lowest BCUT2D eigenvalue weighted by atomic mass is 10.2. The highest BCUT2D eigenvalue weighted by Gasteiger charge is 2.39. The van der Waals surface area contributed by atoms with E-state index in [-0.39, 0.29) is 18.0 Å². The Bertz CT molecular complexity index is 1470. The first-order valence-corrected chi connectivity index (χ1v) is 13.0. The first kappa shape index (κ1) is 24.8. The van der Waals surface area contributed by atoms with E-state index in [4.69, 9.17) is 20.6 Å². The van der Waals surface area contributed by atoms with Crippen molar-refractivity contribution in [2.24, 2.45) is 4.99 Å². The molecule has 2 heterocycles. The highest BCUT2D eigenvalue weighted by Crippen LogP contribution is 2.35. The molecule has 2 aromatic carbocycles. The van der Waals surface area contributed by atoms with Crippen LogP contribution in [0.5, 0.6) is 17.2 Å². The minimum atomic E-state index is -3.90. The number of terminal acetylenes is 1. The van der Waals surface area contributed by atoms with Gasteiger partial charge in [-0.3, -0.25) is 4.79 Å². The molecule has 1 aromatic heterocycles. The minimum absolute atomic E-state index is 0.0942. The van der Waals surface area contributed by atoms with Crippen molar-refractivity contribution >= 4 is 37.5 Å². The maximum Gasteiger partial charge on any atom is 0.266 e. The van der Waals surface area contributed by atoms with Gasteiger partial charge in [-0.2, -0.15) is 9.30 Å². The van der Waals surface area contributed by atoms with Gasteiger partial charge in [0.1, 0.15) is 33.5 Å². The Labute approximate surface area is 207 Å². The van der Waals surface area contributed by atoms with Gasteiger partial charge in [0, 0.05) is 6.54 Å². The van der Waals surface area contributed by atoms with Crippen LogP contribution in [0.15, 0.2) is 46.3 Å². The molecule has 1 amide bonds. The Morgan fingerprint density at radius 1 is 1.11 bits per heavy atom. The Hall–Kier alpha value is -3.33. The molecule has 1 aliphatic rings. The predicted octanol–water partition coefficient (Wildman–Crippen LogP) is 2.64. The Kier molecular flexibility index (Phi) is 7.16. The summed E-state index contributed by atoms with van der Waals surface area (Å²) in [6.07, 6.45) is 6.53. The van der Waals surface area contributed by atoms with Gasteiger partial charge in [0.2, 0.25) is 10.0 Å². The van der Waals surface area contributed by atoms with Crippen molar-refractivity contribution in [2.45, 2.75) is 30.3 Å². The summed E-state index contributed by atoms with van der Waals surface area (Å²) in [5.74, 6) is 3.73. The summed E-state index contributed by atoms with van der Waals surface area (Å²) >= 11 is 1.23. The zero-order valence-corrected chi connectivity index (χ0v) is 21.2. The van der Waals surface area contributed by atoms with Crippen LogP contribution in [0.2, 0.25) is 0 Å². The monoisotopic (exact) mass is 515 g/mol. The number of methoxy groups -OCH3 is 3. The zero-order valence-electron chi connectivity index (χ0n) is 19.6. The number of hydrogen-bond acceptors (Lipinski definition) is 7. The van der Waals surface area contributed by atoms with Crippen molar-refractivity contribution in [1.29, 1.82) is 0 Å². The standard InChI is InChI=1S/C24H25N3O6S2/c1-5-14-26-21-19(32-3)12-13-20(33-4)22(21)34-24(26)25-23(28)18-7-6-15-27(18)35(29,30)17-10-8-16(31-2)9-11-17/h1,8-13,18H,6-7,14-15H2,2-4H3. The van der Waals surface area contributed by atoms with Crippen molar-refractivity contribution in [2.75, 3.05) is 27.9 Å². The summed E-state index contributed by atoms with van der Waals surface area (Å²) in [7, 11) is 0.704. The van der Waals surface area contributed by atoms with Crippen LogP contribution in [0.3, 0.4) is 0 Å². The summed E-state index contributed by atoms with van der Waals surface area (Å²) in [6.45, 7) is 0.382. The molecule has 1 fully saturated rings. The van der Waals surface area contributed by atoms with Crippen molar-refractivity contribution in [3.8, 4) is 29.6 Å². The van der Waals surface area contributed by atoms with Gasteiger partial charge in [-0.25, -0.2) is 8.42 Å². The highest BCUT2D eigenvalue weighted by molar-refractivity contribution is 7.89. The Morgan fingerprint density at radius 2 is 1.80 bits per heavy atom. The minimum Gasteiger partial charge on any atom is -0.497 e. The van der Waals surface area contributed by atoms with Crippen molar-refractivity contribution in [3.63, 3.8) is 0 Å². The highest BCUT2D eigenvalue weighted by atomic mass is 32.2. The maximum absolute atomic E-state index is 13.3. The molecule has 0 spiro atoms. The molecule has 0 aliphatic carbocycles. The van der Waals surface area contributed by atoms with Gasteiger partial charge < -0.3 is 18.8 Å². The third kappa shape index (κ3) is 4.52. The number of rotatable bonds is 7. The van der Waals surface area contributed by atoms with Gasteiger partial charge in [0.15, 0.2) is 4.80 Å².